The number of hydrazone groups is 1. The Bertz CT molecular complexity index is 4060. The van der Waals surface area contributed by atoms with Gasteiger partial charge in [-0.1, -0.05) is 71.9 Å². The van der Waals surface area contributed by atoms with Crippen LogP contribution in [0.1, 0.15) is 132 Å². The number of allylic oxidation sites excluding steroid dienone is 2. The zero-order valence-electron chi connectivity index (χ0n) is 60.2. The fourth-order valence-electron chi connectivity index (χ4n) is 12.9. The molecule has 13 atom stereocenters. The minimum Gasteiger partial charge on any atom is -0.508 e. The van der Waals surface area contributed by atoms with Crippen molar-refractivity contribution in [2.45, 2.75) is 159 Å². The zero-order valence-corrected chi connectivity index (χ0v) is 61.8. The number of phenolic OH excluding ortho intramolecular Hbond substituents is 4. The maximum absolute atomic E-state index is 14.4. The molecule has 5 bridgehead atoms. The lowest BCUT2D eigenvalue weighted by Crippen LogP contribution is -2.71. The van der Waals surface area contributed by atoms with E-state index in [-0.39, 0.29) is 60.7 Å². The smallest absolute Gasteiger partial charge is 0.335 e. The number of Topliss-reactive ketones (excluding diaryl/α,β-unsaturated/α-hetero) is 1. The van der Waals surface area contributed by atoms with Gasteiger partial charge in [0.1, 0.15) is 52.6 Å². The van der Waals surface area contributed by atoms with Gasteiger partial charge in [0.2, 0.25) is 21.8 Å². The number of anilines is 1. The number of aromatic carboxylic acids is 1. The highest BCUT2D eigenvalue weighted by Gasteiger charge is 2.64. The quantitative estimate of drug-likeness (QED) is 0.0197. The number of ether oxygens (including phenoxy) is 4. The Morgan fingerprint density at radius 2 is 1.47 bits per heavy atom. The fraction of sp³-hybridized carbons (Fsp3) is 0.500. The number of carboxylic acids is 2. The molecule has 0 aromatic heterocycles. The van der Waals surface area contributed by atoms with Gasteiger partial charge in [0.05, 0.1) is 63.4 Å². The third-order valence-electron chi connectivity index (χ3n) is 19.1. The number of phenols is 4. The second-order valence-electron chi connectivity index (χ2n) is 27.0. The van der Waals surface area contributed by atoms with Crippen molar-refractivity contribution in [3.63, 3.8) is 0 Å². The maximum Gasteiger partial charge on any atom is 0.335 e. The van der Waals surface area contributed by atoms with E-state index in [1.54, 1.807) is 58.7 Å². The summed E-state index contributed by atoms with van der Waals surface area (Å²) in [5.74, 6) is -11.3. The number of aliphatic hydroxyl groups is 2. The number of aromatic hydroxyl groups is 4. The van der Waals surface area contributed by atoms with Crippen LogP contribution in [-0.2, 0) is 48.2 Å². The van der Waals surface area contributed by atoms with Crippen LogP contribution in [0, 0.1) is 30.6 Å². The molecule has 6 aliphatic heterocycles. The number of aliphatic hydroxyl groups excluding tert-OH is 2. The number of β-lactam (4-membered cyclic amide) rings is 1. The summed E-state index contributed by atoms with van der Waals surface area (Å²) in [5, 5.41) is 96.5. The number of methoxy groups -OCH3 is 1. The van der Waals surface area contributed by atoms with E-state index in [0.717, 1.165) is 25.9 Å². The number of amides is 3. The molecule has 3 fully saturated rings. The van der Waals surface area contributed by atoms with Gasteiger partial charge < -0.3 is 86.0 Å². The number of hydrogen-bond donors (Lipinski definition) is 11. The van der Waals surface area contributed by atoms with E-state index in [4.69, 9.17) is 29.8 Å². The molecule has 103 heavy (non-hydrogen) atoms. The van der Waals surface area contributed by atoms with Crippen LogP contribution in [-0.4, -0.2) is 222 Å². The molecule has 562 valence electrons. The van der Waals surface area contributed by atoms with Crippen molar-refractivity contribution in [2.75, 3.05) is 58.7 Å². The van der Waals surface area contributed by atoms with E-state index < -0.39 is 151 Å². The lowest BCUT2D eigenvalue weighted by Gasteiger charge is -2.43. The summed E-state index contributed by atoms with van der Waals surface area (Å²) >= 11 is 1.35. The van der Waals surface area contributed by atoms with Crippen LogP contribution in [0.5, 0.6) is 28.7 Å². The summed E-state index contributed by atoms with van der Waals surface area (Å²) in [6, 6.07) is 8.52. The number of sulfonamides is 1. The van der Waals surface area contributed by atoms with Gasteiger partial charge in [0, 0.05) is 105 Å². The number of nitrogens with one attached hydrogen (secondary N) is 2. The van der Waals surface area contributed by atoms with Gasteiger partial charge >= 0.3 is 23.7 Å². The topological polar surface area (TPSA) is 428 Å². The fourth-order valence-corrected chi connectivity index (χ4v) is 16.2. The molecule has 3 amide bonds. The molecule has 6 heterocycles. The number of nitrogens with zero attached hydrogens (tertiary/aromatic N) is 5. The number of carbonyl (C=O) groups excluding carboxylic acids is 5. The van der Waals surface area contributed by atoms with Crippen LogP contribution in [0.25, 0.3) is 10.8 Å². The maximum atomic E-state index is 14.4. The summed E-state index contributed by atoms with van der Waals surface area (Å²) < 4.78 is 49.1. The number of thioether (sulfide) groups is 1. The van der Waals surface area contributed by atoms with E-state index in [9.17, 15) is 77.7 Å². The SMILES string of the molecule is CC1(C)S[C@@H]2[C@H](NC(=O)[C@H](N)c3ccc(O)cc3)C(=O)N2[C@H]1C(=O)O.CCCN(CCC)S(=O)(=O)c1ccc(C(=O)O)cc1.CO[C@H]1/C=C/O[C@@]2(C)Oc3c(C)c(O)c4c(O)c(c(/C=N\N5CCN(C)CC5)c(O)c4c3C2=O)NC(=O)/C(C)=C\C=C\[C@H](C)[C@H](O)[C@@H](C)[C@@H](O)[C@@H](C)[C@H](OC(C)=O)[C@@H]1C. The van der Waals surface area contributed by atoms with Crippen LogP contribution in [0.15, 0.2) is 94.7 Å². The molecule has 6 aliphatic rings. The van der Waals surface area contributed by atoms with Gasteiger partial charge in [0.15, 0.2) is 5.75 Å². The van der Waals surface area contributed by atoms with Gasteiger partial charge in [0.25, 0.3) is 11.7 Å². The molecule has 3 saturated heterocycles. The Morgan fingerprint density at radius 3 is 2.03 bits per heavy atom. The Morgan fingerprint density at radius 1 is 0.854 bits per heavy atom. The first-order chi connectivity index (χ1) is 48.3. The van der Waals surface area contributed by atoms with Crippen molar-refractivity contribution in [1.82, 2.24) is 24.4 Å². The van der Waals surface area contributed by atoms with Crippen LogP contribution >= 0.6 is 11.8 Å². The standard InChI is InChI=1S/C43H58N4O12.C16H19N3O5S.C13H19NO4S/c1-21-12-11-13-22(2)42(55)45-33-28(20-44-47-17-15-46(9)16-18-47)37(52)30-31(38(33)53)36(51)26(6)40-32(30)41(54)43(8,59-40)57-19-14-29(56-10)23(3)39(58-27(7)48)25(5)35(50)24(4)34(21)49;1-16(2)11(15(23)24)19-13(22)10(14(19)25-16)18-12(21)9(17)7-3-5-8(20)6-4-7;1-3-9-14(10-4-2)19(17,18)12-7-5-11(6-8-12)13(15)16/h11-14,19-21,23-25,29,34-35,39,49-53H,15-18H2,1-10H3,(H,45,55);3-6,9-11,14,20H,17H2,1-2H3,(H,18,21)(H,23,24);5-8H,3-4,9-10H2,1-2H3,(H,15,16)/b12-11+,19-14+,22-13-,44-20-;;/t21-,23+,24+,25+,29-,34-,35+,39+,43-;9-,10-,11+,14-;/m01./s1. The second kappa shape index (κ2) is 33.7. The molecule has 0 aliphatic carbocycles. The summed E-state index contributed by atoms with van der Waals surface area (Å²) in [6.07, 6.45) is 6.35. The van der Waals surface area contributed by atoms with Crippen LogP contribution in [0.4, 0.5) is 5.69 Å². The van der Waals surface area contributed by atoms with Gasteiger partial charge in [-0.3, -0.25) is 29.0 Å². The van der Waals surface area contributed by atoms with Crippen LogP contribution < -0.4 is 21.1 Å². The third kappa shape index (κ3) is 17.7. The van der Waals surface area contributed by atoms with Crippen LogP contribution in [0.2, 0.25) is 0 Å². The minimum atomic E-state index is -3.53. The first kappa shape index (κ1) is 81.5. The molecule has 4 aromatic rings. The Balaban J connectivity index is 0.000000273. The first-order valence-corrected chi connectivity index (χ1v) is 36.1. The monoisotopic (exact) mass is 1470 g/mol. The number of hydrogen-bond acceptors (Lipinski definition) is 24. The number of likely N-dealkylation sites (N-methyl/N-ethyl adjacent to an activating group) is 1. The van der Waals surface area contributed by atoms with E-state index >= 15 is 0 Å². The normalized spacial score (nSPS) is 27.3. The zero-order chi connectivity index (χ0) is 76.7. The molecule has 0 saturated carbocycles. The number of ketones is 1. The molecule has 31 heteroatoms. The van der Waals surface area contributed by atoms with Gasteiger partial charge in [-0.25, -0.2) is 18.0 Å². The average Bonchev–Trinajstić information content (AvgIpc) is 1.61. The Hall–Kier alpha value is -8.82. The number of esters is 1. The predicted octanol–water partition coefficient (Wildman–Crippen LogP) is 6.55. The number of aliphatic carboxylic acids is 1. The summed E-state index contributed by atoms with van der Waals surface area (Å²) in [7, 11) is -0.107. The predicted molar refractivity (Wildman–Crippen MR) is 384 cm³/mol. The number of carbonyl (C=O) groups is 7. The molecular weight excluding hydrogens is 1380 g/mol. The number of carboxylic acid groups (broad SMARTS) is 2. The number of piperazine rings is 1. The number of nitrogens with two attached hydrogens (primary N) is 1. The average molecular weight is 1470 g/mol. The summed E-state index contributed by atoms with van der Waals surface area (Å²) in [4.78, 5) is 91.0. The van der Waals surface area contributed by atoms with Crippen molar-refractivity contribution >= 4 is 85.9 Å². The molecule has 12 N–H and O–H groups in total. The summed E-state index contributed by atoms with van der Waals surface area (Å²) in [6.45, 7) is 23.4. The number of fused-ring (bicyclic) bond motifs is 15. The van der Waals surface area contributed by atoms with Crippen molar-refractivity contribution in [1.29, 1.82) is 0 Å². The Labute approximate surface area is 603 Å². The highest BCUT2D eigenvalue weighted by Crippen LogP contribution is 2.55. The van der Waals surface area contributed by atoms with Gasteiger partial charge in [-0.2, -0.15) is 9.41 Å². The largest absolute Gasteiger partial charge is 0.508 e. The molecule has 0 spiro atoms. The Kier molecular flexibility index (Phi) is 26.7. The van der Waals surface area contributed by atoms with Crippen molar-refractivity contribution < 1.29 is 102 Å². The number of rotatable bonds is 15. The van der Waals surface area contributed by atoms with Crippen LogP contribution in [0.3, 0.4) is 0 Å². The third-order valence-corrected chi connectivity index (χ3v) is 22.5. The van der Waals surface area contributed by atoms with Crippen molar-refractivity contribution in [3.05, 3.63) is 112 Å². The molecular formula is C72H96N8O21S2. The van der Waals surface area contributed by atoms with Crippen molar-refractivity contribution in [2.24, 2.45) is 34.5 Å². The summed E-state index contributed by atoms with van der Waals surface area (Å²) in [5.41, 5.74) is 6.14. The minimum absolute atomic E-state index is 0.0559. The second-order valence-corrected chi connectivity index (χ2v) is 30.7. The molecule has 0 radical (unpaired) electrons. The van der Waals surface area contributed by atoms with E-state index in [1.807, 2.05) is 20.9 Å². The lowest BCUT2D eigenvalue weighted by molar-refractivity contribution is -0.161. The highest BCUT2D eigenvalue weighted by atomic mass is 32.2. The molecule has 29 nitrogen and oxygen atoms in total. The van der Waals surface area contributed by atoms with Crippen molar-refractivity contribution in [3.8, 4) is 28.7 Å². The molecule has 10 rings (SSSR count). The van der Waals surface area contributed by atoms with E-state index in [2.05, 4.69) is 20.6 Å². The van der Waals surface area contributed by atoms with Gasteiger partial charge in [-0.15, -0.1) is 11.8 Å². The van der Waals surface area contributed by atoms with E-state index in [0.29, 0.717) is 31.7 Å². The molecule has 0 unspecified atom stereocenters. The van der Waals surface area contributed by atoms with E-state index in [1.165, 1.54) is 129 Å². The number of benzene rings is 4. The first-order valence-electron chi connectivity index (χ1n) is 33.8. The van der Waals surface area contributed by atoms with Gasteiger partial charge in [-0.05, 0) is 95.6 Å². The molecule has 4 aromatic carbocycles. The lowest BCUT2D eigenvalue weighted by atomic mass is 9.78. The highest BCUT2D eigenvalue weighted by molar-refractivity contribution is 8.01.